The van der Waals surface area contributed by atoms with Crippen LogP contribution in [0.5, 0.6) is 0 Å². The summed E-state index contributed by atoms with van der Waals surface area (Å²) in [5, 5.41) is 8.80. The number of aromatic nitrogens is 1. The minimum absolute atomic E-state index is 0.119. The second kappa shape index (κ2) is 9.91. The first kappa shape index (κ1) is 20.6. The van der Waals surface area contributed by atoms with E-state index in [1.807, 2.05) is 17.5 Å². The van der Waals surface area contributed by atoms with E-state index < -0.39 is 0 Å². The van der Waals surface area contributed by atoms with Crippen molar-refractivity contribution in [2.24, 2.45) is 10.9 Å². The number of hydrogen-bond acceptors (Lipinski definition) is 5. The van der Waals surface area contributed by atoms with Crippen LogP contribution in [0, 0.1) is 12.8 Å². The van der Waals surface area contributed by atoms with Gasteiger partial charge in [-0.25, -0.2) is 4.98 Å². The molecule has 1 fully saturated rings. The fourth-order valence-electron chi connectivity index (χ4n) is 3.70. The molecule has 7 heteroatoms. The summed E-state index contributed by atoms with van der Waals surface area (Å²) in [6.45, 7) is 4.29. The first-order chi connectivity index (χ1) is 14.7. The van der Waals surface area contributed by atoms with E-state index in [0.29, 0.717) is 18.4 Å². The minimum atomic E-state index is 0.119. The summed E-state index contributed by atoms with van der Waals surface area (Å²) in [5.74, 6) is 1.81. The molecule has 1 saturated heterocycles. The van der Waals surface area contributed by atoms with E-state index >= 15 is 0 Å². The summed E-state index contributed by atoms with van der Waals surface area (Å²) in [6, 6.07) is 12.7. The first-order valence-corrected chi connectivity index (χ1v) is 11.2. The standard InChI is InChI=1S/C23H28N4O2S/c1-16-7-9-17(10-8-16)21-18(5-3-11-28-21)13-25-23(24-2)26-14-19-15-29-22(27-19)20-6-4-12-30-20/h4,6-10,12,15,18,21H,3,5,11,13-14H2,1-2H3,(H2,24,25,26). The minimum Gasteiger partial charge on any atom is -0.443 e. The molecule has 30 heavy (non-hydrogen) atoms. The molecule has 2 N–H and O–H groups in total. The highest BCUT2D eigenvalue weighted by molar-refractivity contribution is 7.13. The van der Waals surface area contributed by atoms with Crippen molar-refractivity contribution in [2.75, 3.05) is 20.2 Å². The zero-order valence-electron chi connectivity index (χ0n) is 17.4. The van der Waals surface area contributed by atoms with E-state index in [1.165, 1.54) is 11.1 Å². The third kappa shape index (κ3) is 5.09. The van der Waals surface area contributed by atoms with Gasteiger partial charge in [0.1, 0.15) is 6.26 Å². The number of benzene rings is 1. The molecule has 0 spiro atoms. The largest absolute Gasteiger partial charge is 0.443 e. The third-order valence-electron chi connectivity index (χ3n) is 5.33. The van der Waals surface area contributed by atoms with Crippen molar-refractivity contribution < 1.29 is 9.15 Å². The van der Waals surface area contributed by atoms with Gasteiger partial charge >= 0.3 is 0 Å². The number of aryl methyl sites for hydroxylation is 1. The van der Waals surface area contributed by atoms with Crippen molar-refractivity contribution in [1.29, 1.82) is 0 Å². The molecule has 3 heterocycles. The van der Waals surface area contributed by atoms with Crippen LogP contribution in [0.2, 0.25) is 0 Å². The highest BCUT2D eigenvalue weighted by atomic mass is 32.1. The van der Waals surface area contributed by atoms with E-state index in [2.05, 4.69) is 51.8 Å². The number of aliphatic imine (C=N–C) groups is 1. The SMILES string of the molecule is CN=C(NCc1coc(-c2cccs2)n1)NCC1CCCOC1c1ccc(C)cc1. The number of nitrogens with zero attached hydrogens (tertiary/aromatic N) is 2. The van der Waals surface area contributed by atoms with Crippen LogP contribution < -0.4 is 10.6 Å². The highest BCUT2D eigenvalue weighted by Gasteiger charge is 2.27. The zero-order chi connectivity index (χ0) is 20.8. The van der Waals surface area contributed by atoms with Gasteiger partial charge in [-0.05, 0) is 36.8 Å². The summed E-state index contributed by atoms with van der Waals surface area (Å²) in [7, 11) is 1.78. The van der Waals surface area contributed by atoms with Crippen molar-refractivity contribution in [2.45, 2.75) is 32.4 Å². The summed E-state index contributed by atoms with van der Waals surface area (Å²) in [4.78, 5) is 9.93. The maximum atomic E-state index is 6.13. The van der Waals surface area contributed by atoms with E-state index in [-0.39, 0.29) is 6.10 Å². The molecule has 0 amide bonds. The number of nitrogens with one attached hydrogen (secondary N) is 2. The molecule has 4 rings (SSSR count). The monoisotopic (exact) mass is 424 g/mol. The predicted octanol–water partition coefficient (Wildman–Crippen LogP) is 4.54. The van der Waals surface area contributed by atoms with Crippen LogP contribution in [0.3, 0.4) is 0 Å². The van der Waals surface area contributed by atoms with Gasteiger partial charge in [-0.15, -0.1) is 11.3 Å². The Morgan fingerprint density at radius 2 is 2.10 bits per heavy atom. The van der Waals surface area contributed by atoms with Crippen LogP contribution in [-0.4, -0.2) is 31.1 Å². The van der Waals surface area contributed by atoms with Gasteiger partial charge < -0.3 is 19.8 Å². The number of hydrogen-bond donors (Lipinski definition) is 2. The maximum absolute atomic E-state index is 6.13. The average molecular weight is 425 g/mol. The van der Waals surface area contributed by atoms with Crippen LogP contribution in [-0.2, 0) is 11.3 Å². The van der Waals surface area contributed by atoms with Crippen LogP contribution >= 0.6 is 11.3 Å². The summed E-state index contributed by atoms with van der Waals surface area (Å²) >= 11 is 1.62. The van der Waals surface area contributed by atoms with Gasteiger partial charge in [-0.1, -0.05) is 35.9 Å². The molecule has 0 saturated carbocycles. The molecule has 0 aliphatic carbocycles. The number of oxazole rings is 1. The Morgan fingerprint density at radius 3 is 2.87 bits per heavy atom. The topological polar surface area (TPSA) is 71.7 Å². The predicted molar refractivity (Wildman–Crippen MR) is 121 cm³/mol. The van der Waals surface area contributed by atoms with Gasteiger partial charge in [0.15, 0.2) is 5.96 Å². The van der Waals surface area contributed by atoms with Gasteiger partial charge in [0.05, 0.1) is 23.2 Å². The van der Waals surface area contributed by atoms with E-state index in [4.69, 9.17) is 9.15 Å². The lowest BCUT2D eigenvalue weighted by atomic mass is 9.89. The molecule has 1 aromatic carbocycles. The van der Waals surface area contributed by atoms with Gasteiger partial charge in [0.25, 0.3) is 0 Å². The summed E-state index contributed by atoms with van der Waals surface area (Å²) in [5.41, 5.74) is 3.36. The molecule has 2 aromatic heterocycles. The Morgan fingerprint density at radius 1 is 1.23 bits per heavy atom. The summed E-state index contributed by atoms with van der Waals surface area (Å²) in [6.07, 6.45) is 4.03. The van der Waals surface area contributed by atoms with Crippen molar-refractivity contribution in [1.82, 2.24) is 15.6 Å². The van der Waals surface area contributed by atoms with Gasteiger partial charge in [-0.3, -0.25) is 4.99 Å². The quantitative estimate of drug-likeness (QED) is 0.449. The number of rotatable bonds is 6. The fraction of sp³-hybridized carbons (Fsp3) is 0.391. The first-order valence-electron chi connectivity index (χ1n) is 10.3. The average Bonchev–Trinajstić information content (AvgIpc) is 3.47. The van der Waals surface area contributed by atoms with E-state index in [9.17, 15) is 0 Å². The van der Waals surface area contributed by atoms with Crippen LogP contribution in [0.25, 0.3) is 10.8 Å². The van der Waals surface area contributed by atoms with Crippen molar-refractivity contribution >= 4 is 17.3 Å². The molecule has 3 aromatic rings. The zero-order valence-corrected chi connectivity index (χ0v) is 18.2. The second-order valence-corrected chi connectivity index (χ2v) is 8.48. The number of thiophene rings is 1. The number of guanidine groups is 1. The molecule has 6 nitrogen and oxygen atoms in total. The number of ether oxygens (including phenoxy) is 1. The van der Waals surface area contributed by atoms with Gasteiger partial charge in [0, 0.05) is 26.1 Å². The van der Waals surface area contributed by atoms with E-state index in [0.717, 1.165) is 42.5 Å². The Bertz CT molecular complexity index is 950. The third-order valence-corrected chi connectivity index (χ3v) is 6.18. The highest BCUT2D eigenvalue weighted by Crippen LogP contribution is 2.33. The molecule has 0 radical (unpaired) electrons. The van der Waals surface area contributed by atoms with Crippen molar-refractivity contribution in [3.63, 3.8) is 0 Å². The van der Waals surface area contributed by atoms with E-state index in [1.54, 1.807) is 24.6 Å². The normalized spacial score (nSPS) is 19.6. The Hall–Kier alpha value is -2.64. The van der Waals surface area contributed by atoms with Crippen LogP contribution in [0.1, 0.15) is 35.8 Å². The maximum Gasteiger partial charge on any atom is 0.236 e. The smallest absolute Gasteiger partial charge is 0.236 e. The second-order valence-electron chi connectivity index (χ2n) is 7.53. The van der Waals surface area contributed by atoms with Crippen molar-refractivity contribution in [3.05, 3.63) is 64.9 Å². The van der Waals surface area contributed by atoms with Gasteiger partial charge in [0.2, 0.25) is 5.89 Å². The molecule has 2 atom stereocenters. The van der Waals surface area contributed by atoms with Crippen molar-refractivity contribution in [3.8, 4) is 10.8 Å². The lowest BCUT2D eigenvalue weighted by Gasteiger charge is -2.32. The fourth-order valence-corrected chi connectivity index (χ4v) is 4.36. The molecule has 158 valence electrons. The molecule has 0 bridgehead atoms. The molecule has 1 aliphatic heterocycles. The lowest BCUT2D eigenvalue weighted by Crippen LogP contribution is -2.41. The molecular formula is C23H28N4O2S. The van der Waals surface area contributed by atoms with Crippen LogP contribution in [0.4, 0.5) is 0 Å². The summed E-state index contributed by atoms with van der Waals surface area (Å²) < 4.78 is 11.7. The van der Waals surface area contributed by atoms with Gasteiger partial charge in [-0.2, -0.15) is 0 Å². The lowest BCUT2D eigenvalue weighted by molar-refractivity contribution is -0.0265. The molecule has 2 unspecified atom stereocenters. The Labute approximate surface area is 181 Å². The molecular weight excluding hydrogens is 396 g/mol. The molecule has 1 aliphatic rings. The van der Waals surface area contributed by atoms with Crippen LogP contribution in [0.15, 0.2) is 57.5 Å². The Kier molecular flexibility index (Phi) is 6.81. The Balaban J connectivity index is 1.31.